The summed E-state index contributed by atoms with van der Waals surface area (Å²) in [5.41, 5.74) is 6.36. The van der Waals surface area contributed by atoms with Crippen LogP contribution in [0.5, 0.6) is 5.75 Å². The Labute approximate surface area is 153 Å². The zero-order valence-corrected chi connectivity index (χ0v) is 14.7. The Morgan fingerprint density at radius 3 is 2.46 bits per heavy atom. The van der Waals surface area contributed by atoms with E-state index in [1.54, 1.807) is 25.1 Å². The van der Waals surface area contributed by atoms with Crippen LogP contribution < -0.4 is 10.5 Å². The Bertz CT molecular complexity index is 808. The number of carbonyl (C=O) groups excluding carboxylic acids is 2. The fourth-order valence-corrected chi connectivity index (χ4v) is 2.50. The van der Waals surface area contributed by atoms with Gasteiger partial charge in [0.25, 0.3) is 0 Å². The van der Waals surface area contributed by atoms with E-state index in [4.69, 9.17) is 45.3 Å². The van der Waals surface area contributed by atoms with Gasteiger partial charge in [0.1, 0.15) is 5.75 Å². The van der Waals surface area contributed by atoms with Crippen molar-refractivity contribution in [3.63, 3.8) is 0 Å². The molecule has 0 fully saturated rings. The molecule has 2 N–H and O–H groups in total. The van der Waals surface area contributed by atoms with Crippen LogP contribution in [0.15, 0.2) is 30.3 Å². The molecule has 0 aliphatic heterocycles. The largest absolute Gasteiger partial charge is 0.482 e. The summed E-state index contributed by atoms with van der Waals surface area (Å²) in [6.07, 6.45) is 0. The number of aryl methyl sites for hydroxylation is 1. The second-order valence-corrected chi connectivity index (χ2v) is 6.07. The molecule has 0 saturated heterocycles. The Kier molecular flexibility index (Phi) is 5.94. The Balaban J connectivity index is 2.01. The van der Waals surface area contributed by atoms with E-state index in [1.807, 2.05) is 0 Å². The standard InChI is InChI=1S/C16H12Cl3NO4/c1-8-4-9(17)2-3-13(8)23-7-14(21)24-16(22)11-5-10(18)6-12(20)15(11)19/h2-6H,7,20H2,1H3. The Hall–Kier alpha value is -1.95. The van der Waals surface area contributed by atoms with Crippen LogP contribution in [0.25, 0.3) is 0 Å². The Morgan fingerprint density at radius 2 is 1.79 bits per heavy atom. The number of anilines is 1. The first-order valence-corrected chi connectivity index (χ1v) is 7.80. The molecule has 0 aliphatic rings. The molecule has 8 heteroatoms. The average molecular weight is 389 g/mol. The SMILES string of the molecule is Cc1cc(Cl)ccc1OCC(=O)OC(=O)c1cc(Cl)cc(N)c1Cl. The van der Waals surface area contributed by atoms with Gasteiger partial charge in [-0.3, -0.25) is 0 Å². The molecular formula is C16H12Cl3NO4. The second kappa shape index (κ2) is 7.75. The first-order valence-electron chi connectivity index (χ1n) is 6.66. The second-order valence-electron chi connectivity index (χ2n) is 4.82. The van der Waals surface area contributed by atoms with Crippen molar-refractivity contribution in [2.75, 3.05) is 12.3 Å². The summed E-state index contributed by atoms with van der Waals surface area (Å²) in [5.74, 6) is -1.39. The van der Waals surface area contributed by atoms with Crippen LogP contribution in [0.1, 0.15) is 15.9 Å². The molecule has 0 aliphatic carbocycles. The molecule has 126 valence electrons. The van der Waals surface area contributed by atoms with E-state index in [1.165, 1.54) is 12.1 Å². The minimum Gasteiger partial charge on any atom is -0.482 e. The van der Waals surface area contributed by atoms with Crippen LogP contribution in [0, 0.1) is 6.92 Å². The van der Waals surface area contributed by atoms with E-state index in [9.17, 15) is 9.59 Å². The quantitative estimate of drug-likeness (QED) is 0.480. The molecule has 0 amide bonds. The number of nitrogen functional groups attached to an aromatic ring is 1. The summed E-state index contributed by atoms with van der Waals surface area (Å²) < 4.78 is 9.98. The number of nitrogens with two attached hydrogens (primary N) is 1. The predicted molar refractivity (Wildman–Crippen MR) is 93.0 cm³/mol. The van der Waals surface area contributed by atoms with Crippen molar-refractivity contribution < 1.29 is 19.1 Å². The van der Waals surface area contributed by atoms with Gasteiger partial charge in [0.05, 0.1) is 16.3 Å². The van der Waals surface area contributed by atoms with Crippen molar-refractivity contribution >= 4 is 52.4 Å². The molecule has 24 heavy (non-hydrogen) atoms. The molecule has 2 rings (SSSR count). The molecule has 5 nitrogen and oxygen atoms in total. The van der Waals surface area contributed by atoms with Crippen molar-refractivity contribution in [3.05, 3.63) is 56.5 Å². The van der Waals surface area contributed by atoms with Crippen molar-refractivity contribution in [1.82, 2.24) is 0 Å². The van der Waals surface area contributed by atoms with E-state index < -0.39 is 18.5 Å². The molecule has 0 saturated carbocycles. The Morgan fingerprint density at radius 1 is 1.08 bits per heavy atom. The third-order valence-corrected chi connectivity index (χ3v) is 3.85. The van der Waals surface area contributed by atoms with Crippen molar-refractivity contribution in [3.8, 4) is 5.75 Å². The van der Waals surface area contributed by atoms with Crippen LogP contribution in [-0.4, -0.2) is 18.5 Å². The smallest absolute Gasteiger partial charge is 0.352 e. The summed E-state index contributed by atoms with van der Waals surface area (Å²) in [7, 11) is 0. The number of rotatable bonds is 4. The lowest BCUT2D eigenvalue weighted by Crippen LogP contribution is -2.20. The molecular weight excluding hydrogens is 377 g/mol. The van der Waals surface area contributed by atoms with E-state index >= 15 is 0 Å². The number of ether oxygens (including phenoxy) is 2. The van der Waals surface area contributed by atoms with Crippen LogP contribution >= 0.6 is 34.8 Å². The summed E-state index contributed by atoms with van der Waals surface area (Å²) in [6, 6.07) is 7.56. The minimum absolute atomic E-state index is 0.0355. The lowest BCUT2D eigenvalue weighted by atomic mass is 10.2. The zero-order valence-electron chi connectivity index (χ0n) is 12.4. The topological polar surface area (TPSA) is 78.6 Å². The van der Waals surface area contributed by atoms with Gasteiger partial charge in [-0.1, -0.05) is 34.8 Å². The average Bonchev–Trinajstić information content (AvgIpc) is 2.49. The molecule has 0 radical (unpaired) electrons. The number of benzene rings is 2. The zero-order chi connectivity index (χ0) is 17.9. The van der Waals surface area contributed by atoms with Gasteiger partial charge < -0.3 is 15.2 Å². The molecule has 0 spiro atoms. The van der Waals surface area contributed by atoms with Gasteiger partial charge in [0.2, 0.25) is 0 Å². The van der Waals surface area contributed by atoms with Crippen LogP contribution in [0.4, 0.5) is 5.69 Å². The van der Waals surface area contributed by atoms with Crippen LogP contribution in [0.2, 0.25) is 15.1 Å². The van der Waals surface area contributed by atoms with Crippen molar-refractivity contribution in [1.29, 1.82) is 0 Å². The molecule has 0 heterocycles. The summed E-state index contributed by atoms with van der Waals surface area (Å²) in [6.45, 7) is 1.31. The molecule has 0 atom stereocenters. The molecule has 0 unspecified atom stereocenters. The number of hydrogen-bond donors (Lipinski definition) is 1. The van der Waals surface area contributed by atoms with Gasteiger partial charge in [-0.15, -0.1) is 0 Å². The van der Waals surface area contributed by atoms with Gasteiger partial charge in [0.15, 0.2) is 6.61 Å². The van der Waals surface area contributed by atoms with Gasteiger partial charge >= 0.3 is 11.9 Å². The summed E-state index contributed by atoms with van der Waals surface area (Å²) in [4.78, 5) is 23.7. The number of carbonyl (C=O) groups is 2. The van der Waals surface area contributed by atoms with Crippen LogP contribution in [-0.2, 0) is 9.53 Å². The van der Waals surface area contributed by atoms with Crippen LogP contribution in [0.3, 0.4) is 0 Å². The van der Waals surface area contributed by atoms with Crippen molar-refractivity contribution in [2.24, 2.45) is 0 Å². The third kappa shape index (κ3) is 4.54. The highest BCUT2D eigenvalue weighted by atomic mass is 35.5. The molecule has 0 aromatic heterocycles. The number of halogens is 3. The maximum Gasteiger partial charge on any atom is 0.352 e. The van der Waals surface area contributed by atoms with E-state index in [2.05, 4.69) is 4.74 Å². The highest BCUT2D eigenvalue weighted by molar-refractivity contribution is 6.38. The van der Waals surface area contributed by atoms with Gasteiger partial charge in [0, 0.05) is 10.0 Å². The van der Waals surface area contributed by atoms with E-state index in [0.717, 1.165) is 5.56 Å². The fourth-order valence-electron chi connectivity index (χ4n) is 1.86. The third-order valence-electron chi connectivity index (χ3n) is 2.97. The van der Waals surface area contributed by atoms with Gasteiger partial charge in [-0.2, -0.15) is 0 Å². The van der Waals surface area contributed by atoms with E-state index in [0.29, 0.717) is 10.8 Å². The maximum atomic E-state index is 12.0. The predicted octanol–water partition coefficient (Wildman–Crippen LogP) is 4.30. The molecule has 0 bridgehead atoms. The summed E-state index contributed by atoms with van der Waals surface area (Å²) in [5, 5.41) is 0.710. The monoisotopic (exact) mass is 387 g/mol. The maximum absolute atomic E-state index is 12.0. The molecule has 2 aromatic carbocycles. The molecule has 2 aromatic rings. The number of hydrogen-bond acceptors (Lipinski definition) is 5. The highest BCUT2D eigenvalue weighted by Gasteiger charge is 2.19. The fraction of sp³-hybridized carbons (Fsp3) is 0.125. The van der Waals surface area contributed by atoms with Crippen molar-refractivity contribution in [2.45, 2.75) is 6.92 Å². The van der Waals surface area contributed by atoms with E-state index in [-0.39, 0.29) is 21.3 Å². The number of esters is 2. The van der Waals surface area contributed by atoms with Gasteiger partial charge in [-0.25, -0.2) is 9.59 Å². The normalized spacial score (nSPS) is 10.3. The summed E-state index contributed by atoms with van der Waals surface area (Å²) >= 11 is 17.6. The minimum atomic E-state index is -0.962. The lowest BCUT2D eigenvalue weighted by molar-refractivity contribution is -0.140. The van der Waals surface area contributed by atoms with Gasteiger partial charge in [-0.05, 0) is 42.8 Å². The lowest BCUT2D eigenvalue weighted by Gasteiger charge is -2.10. The highest BCUT2D eigenvalue weighted by Crippen LogP contribution is 2.28. The first-order chi connectivity index (χ1) is 11.3. The first kappa shape index (κ1) is 18.4.